The maximum Gasteiger partial charge on any atom is 0.245 e. The zero-order valence-electron chi connectivity index (χ0n) is 11.8. The molecule has 2 aliphatic heterocycles. The SMILES string of the molecule is Cc1cccc2nc(N3CCN(C4CNC4)CC3)nn12. The highest BCUT2D eigenvalue weighted by molar-refractivity contribution is 5.46. The third-order valence-electron chi connectivity index (χ3n) is 4.41. The third kappa shape index (κ3) is 1.96. The molecule has 4 heterocycles. The Balaban J connectivity index is 1.51. The summed E-state index contributed by atoms with van der Waals surface area (Å²) in [6.07, 6.45) is 0. The second kappa shape index (κ2) is 4.71. The van der Waals surface area contributed by atoms with Gasteiger partial charge in [-0.3, -0.25) is 4.90 Å². The van der Waals surface area contributed by atoms with Gasteiger partial charge in [0.25, 0.3) is 0 Å². The first-order chi connectivity index (χ1) is 9.81. The molecule has 2 aromatic heterocycles. The smallest absolute Gasteiger partial charge is 0.245 e. The van der Waals surface area contributed by atoms with Gasteiger partial charge in [-0.1, -0.05) is 6.07 Å². The molecule has 2 fully saturated rings. The van der Waals surface area contributed by atoms with Crippen molar-refractivity contribution in [2.24, 2.45) is 0 Å². The molecule has 0 aromatic carbocycles. The number of aryl methyl sites for hydroxylation is 1. The number of pyridine rings is 1. The highest BCUT2D eigenvalue weighted by Gasteiger charge is 2.28. The first kappa shape index (κ1) is 12.1. The number of fused-ring (bicyclic) bond motifs is 1. The number of hydrogen-bond acceptors (Lipinski definition) is 5. The fraction of sp³-hybridized carbons (Fsp3) is 0.571. The standard InChI is InChI=1S/C14H20N6/c1-11-3-2-4-13-16-14(17-20(11)13)19-7-5-18(6-8-19)12-9-15-10-12/h2-4,12,15H,5-10H2,1H3. The molecule has 2 aromatic rings. The third-order valence-corrected chi connectivity index (χ3v) is 4.41. The Morgan fingerprint density at radius 3 is 2.60 bits per heavy atom. The molecule has 2 aliphatic rings. The number of nitrogens with zero attached hydrogens (tertiary/aromatic N) is 5. The molecule has 4 rings (SSSR count). The van der Waals surface area contributed by atoms with Gasteiger partial charge in [0, 0.05) is 51.0 Å². The lowest BCUT2D eigenvalue weighted by atomic mass is 10.1. The molecule has 0 radical (unpaired) electrons. The predicted molar refractivity (Wildman–Crippen MR) is 78.2 cm³/mol. The van der Waals surface area contributed by atoms with Gasteiger partial charge in [0.05, 0.1) is 0 Å². The Bertz CT molecular complexity index is 609. The quantitative estimate of drug-likeness (QED) is 0.842. The fourth-order valence-electron chi connectivity index (χ4n) is 2.98. The highest BCUT2D eigenvalue weighted by Crippen LogP contribution is 2.16. The van der Waals surface area contributed by atoms with Gasteiger partial charge in [-0.15, -0.1) is 5.10 Å². The average Bonchev–Trinajstić information content (AvgIpc) is 2.83. The van der Waals surface area contributed by atoms with Gasteiger partial charge in [-0.05, 0) is 19.1 Å². The molecule has 1 N–H and O–H groups in total. The van der Waals surface area contributed by atoms with Gasteiger partial charge in [0.15, 0.2) is 5.65 Å². The van der Waals surface area contributed by atoms with E-state index < -0.39 is 0 Å². The lowest BCUT2D eigenvalue weighted by Gasteiger charge is -2.43. The second-order valence-corrected chi connectivity index (χ2v) is 5.68. The van der Waals surface area contributed by atoms with Crippen molar-refractivity contribution >= 4 is 11.6 Å². The van der Waals surface area contributed by atoms with Crippen molar-refractivity contribution < 1.29 is 0 Å². The first-order valence-corrected chi connectivity index (χ1v) is 7.33. The Morgan fingerprint density at radius 1 is 1.15 bits per heavy atom. The van der Waals surface area contributed by atoms with Crippen LogP contribution >= 0.6 is 0 Å². The van der Waals surface area contributed by atoms with Crippen LogP contribution in [0.25, 0.3) is 5.65 Å². The molecular formula is C14H20N6. The van der Waals surface area contributed by atoms with Crippen LogP contribution < -0.4 is 10.2 Å². The Kier molecular flexibility index (Phi) is 2.85. The number of piperazine rings is 1. The minimum Gasteiger partial charge on any atom is -0.337 e. The van der Waals surface area contributed by atoms with Crippen LogP contribution in [0.5, 0.6) is 0 Å². The maximum absolute atomic E-state index is 4.65. The number of nitrogens with one attached hydrogen (secondary N) is 1. The van der Waals surface area contributed by atoms with Crippen molar-refractivity contribution in [3.8, 4) is 0 Å². The van der Waals surface area contributed by atoms with Gasteiger partial charge in [-0.25, -0.2) is 4.52 Å². The molecule has 106 valence electrons. The Hall–Kier alpha value is -1.66. The molecular weight excluding hydrogens is 252 g/mol. The molecule has 0 aliphatic carbocycles. The van der Waals surface area contributed by atoms with E-state index in [2.05, 4.69) is 38.2 Å². The zero-order valence-corrected chi connectivity index (χ0v) is 11.8. The van der Waals surface area contributed by atoms with Crippen LogP contribution in [-0.4, -0.2) is 64.8 Å². The maximum atomic E-state index is 4.65. The minimum absolute atomic E-state index is 0.744. The van der Waals surface area contributed by atoms with Crippen molar-refractivity contribution in [1.82, 2.24) is 24.8 Å². The van der Waals surface area contributed by atoms with E-state index in [0.29, 0.717) is 0 Å². The van der Waals surface area contributed by atoms with E-state index in [1.807, 2.05) is 16.6 Å². The number of aromatic nitrogens is 3. The zero-order chi connectivity index (χ0) is 13.5. The molecule has 0 amide bonds. The summed E-state index contributed by atoms with van der Waals surface area (Å²) in [6.45, 7) is 8.62. The van der Waals surface area contributed by atoms with E-state index in [1.54, 1.807) is 0 Å². The largest absolute Gasteiger partial charge is 0.337 e. The van der Waals surface area contributed by atoms with E-state index >= 15 is 0 Å². The normalized spacial score (nSPS) is 21.4. The molecule has 0 saturated carbocycles. The van der Waals surface area contributed by atoms with Gasteiger partial charge >= 0.3 is 0 Å². The Labute approximate surface area is 118 Å². The number of hydrogen-bond donors (Lipinski definition) is 1. The van der Waals surface area contributed by atoms with Crippen LogP contribution in [0.15, 0.2) is 18.2 Å². The second-order valence-electron chi connectivity index (χ2n) is 5.68. The number of rotatable bonds is 2. The average molecular weight is 272 g/mol. The summed E-state index contributed by atoms with van der Waals surface area (Å²) in [5.74, 6) is 0.866. The van der Waals surface area contributed by atoms with Crippen LogP contribution in [0.4, 0.5) is 5.95 Å². The fourth-order valence-corrected chi connectivity index (χ4v) is 2.98. The molecule has 0 atom stereocenters. The number of anilines is 1. The molecule has 0 unspecified atom stereocenters. The predicted octanol–water partition coefficient (Wildman–Crippen LogP) is 0.132. The summed E-state index contributed by atoms with van der Waals surface area (Å²) in [4.78, 5) is 9.53. The summed E-state index contributed by atoms with van der Waals surface area (Å²) in [5, 5.41) is 7.98. The molecule has 6 heteroatoms. The van der Waals surface area contributed by atoms with Gasteiger partial charge in [-0.2, -0.15) is 4.98 Å². The molecule has 20 heavy (non-hydrogen) atoms. The van der Waals surface area contributed by atoms with Crippen molar-refractivity contribution in [1.29, 1.82) is 0 Å². The van der Waals surface area contributed by atoms with Crippen molar-refractivity contribution in [3.63, 3.8) is 0 Å². The molecule has 6 nitrogen and oxygen atoms in total. The van der Waals surface area contributed by atoms with E-state index in [-0.39, 0.29) is 0 Å². The molecule has 2 saturated heterocycles. The van der Waals surface area contributed by atoms with Crippen LogP contribution in [0.2, 0.25) is 0 Å². The van der Waals surface area contributed by atoms with Crippen LogP contribution in [0.3, 0.4) is 0 Å². The van der Waals surface area contributed by atoms with Gasteiger partial charge in [0.2, 0.25) is 5.95 Å². The first-order valence-electron chi connectivity index (χ1n) is 7.33. The monoisotopic (exact) mass is 272 g/mol. The van der Waals surface area contributed by atoms with Crippen LogP contribution in [0, 0.1) is 6.92 Å². The summed E-state index contributed by atoms with van der Waals surface area (Å²) in [5.41, 5.74) is 2.06. The van der Waals surface area contributed by atoms with Gasteiger partial charge in [0.1, 0.15) is 0 Å². The summed E-state index contributed by atoms with van der Waals surface area (Å²) in [6, 6.07) is 6.85. The Morgan fingerprint density at radius 2 is 1.95 bits per heavy atom. The van der Waals surface area contributed by atoms with Crippen LogP contribution in [-0.2, 0) is 0 Å². The lowest BCUT2D eigenvalue weighted by Crippen LogP contribution is -2.61. The van der Waals surface area contributed by atoms with Gasteiger partial charge < -0.3 is 10.2 Å². The molecule has 0 spiro atoms. The summed E-state index contributed by atoms with van der Waals surface area (Å²) >= 11 is 0. The lowest BCUT2D eigenvalue weighted by molar-refractivity contribution is 0.137. The van der Waals surface area contributed by atoms with E-state index in [4.69, 9.17) is 0 Å². The van der Waals surface area contributed by atoms with Crippen molar-refractivity contribution in [2.75, 3.05) is 44.2 Å². The van der Waals surface area contributed by atoms with E-state index in [9.17, 15) is 0 Å². The minimum atomic E-state index is 0.744. The molecule has 0 bridgehead atoms. The van der Waals surface area contributed by atoms with Crippen LogP contribution in [0.1, 0.15) is 5.69 Å². The summed E-state index contributed by atoms with van der Waals surface area (Å²) < 4.78 is 1.93. The topological polar surface area (TPSA) is 48.7 Å². The highest BCUT2D eigenvalue weighted by atomic mass is 15.4. The summed E-state index contributed by atoms with van der Waals surface area (Å²) in [7, 11) is 0. The van der Waals surface area contributed by atoms with E-state index in [1.165, 1.54) is 0 Å². The van der Waals surface area contributed by atoms with Crippen molar-refractivity contribution in [3.05, 3.63) is 23.9 Å². The van der Waals surface area contributed by atoms with Crippen molar-refractivity contribution in [2.45, 2.75) is 13.0 Å². The van der Waals surface area contributed by atoms with E-state index in [0.717, 1.165) is 62.6 Å².